The number of nitrogens with zero attached hydrogens (tertiary/aromatic N) is 2. The second-order valence-corrected chi connectivity index (χ2v) is 4.89. The third-order valence-corrected chi connectivity index (χ3v) is 3.45. The molecule has 1 aromatic carbocycles. The Kier molecular flexibility index (Phi) is 3.29. The molecule has 1 aliphatic heterocycles. The van der Waals surface area contributed by atoms with E-state index in [1.165, 1.54) is 0 Å². The van der Waals surface area contributed by atoms with Crippen molar-refractivity contribution in [1.82, 2.24) is 4.98 Å². The number of rotatable bonds is 3. The molecule has 0 amide bonds. The summed E-state index contributed by atoms with van der Waals surface area (Å²) in [6, 6.07) is 6.22. The third-order valence-electron chi connectivity index (χ3n) is 3.45. The number of piperidine rings is 1. The quantitative estimate of drug-likeness (QED) is 0.860. The van der Waals surface area contributed by atoms with E-state index in [0.717, 1.165) is 43.6 Å². The lowest BCUT2D eigenvalue weighted by atomic mass is 10.1. The van der Waals surface area contributed by atoms with Crippen molar-refractivity contribution in [3.63, 3.8) is 0 Å². The zero-order valence-corrected chi connectivity index (χ0v) is 11.1. The molecule has 0 radical (unpaired) electrons. The molecule has 2 heterocycles. The van der Waals surface area contributed by atoms with E-state index < -0.39 is 0 Å². The Balaban J connectivity index is 1.83. The number of benzene rings is 1. The van der Waals surface area contributed by atoms with Crippen LogP contribution in [0.1, 0.15) is 19.8 Å². The topological polar surface area (TPSA) is 64.5 Å². The average Bonchev–Trinajstić information content (AvgIpc) is 2.82. The largest absolute Gasteiger partial charge is 0.423 e. The Labute approximate surface area is 112 Å². The van der Waals surface area contributed by atoms with Gasteiger partial charge in [-0.3, -0.25) is 0 Å². The van der Waals surface area contributed by atoms with Crippen LogP contribution in [0.2, 0.25) is 0 Å². The molecule has 102 valence electrons. The number of ether oxygens (including phenoxy) is 1. The first-order chi connectivity index (χ1) is 9.26. The average molecular weight is 261 g/mol. The first-order valence-electron chi connectivity index (χ1n) is 6.79. The van der Waals surface area contributed by atoms with Crippen molar-refractivity contribution in [2.75, 3.05) is 30.3 Å². The van der Waals surface area contributed by atoms with Crippen LogP contribution in [0.5, 0.6) is 0 Å². The highest BCUT2D eigenvalue weighted by Crippen LogP contribution is 2.26. The highest BCUT2D eigenvalue weighted by molar-refractivity contribution is 5.78. The van der Waals surface area contributed by atoms with Gasteiger partial charge in [0.2, 0.25) is 0 Å². The molecule has 0 bridgehead atoms. The van der Waals surface area contributed by atoms with Crippen LogP contribution in [0, 0.1) is 0 Å². The predicted octanol–water partition coefficient (Wildman–Crippen LogP) is 2.42. The Bertz CT molecular complexity index is 565. The van der Waals surface area contributed by atoms with E-state index in [0.29, 0.717) is 11.7 Å². The van der Waals surface area contributed by atoms with E-state index in [-0.39, 0.29) is 6.10 Å². The number of hydrogen-bond donors (Lipinski definition) is 1. The number of nitrogens with two attached hydrogens (primary N) is 1. The molecule has 19 heavy (non-hydrogen) atoms. The van der Waals surface area contributed by atoms with Crippen LogP contribution in [-0.2, 0) is 4.74 Å². The summed E-state index contributed by atoms with van der Waals surface area (Å²) in [5.74, 6) is 0. The molecular formula is C14H19N3O2. The van der Waals surface area contributed by atoms with E-state index in [1.54, 1.807) is 0 Å². The molecule has 1 aromatic heterocycles. The first kappa shape index (κ1) is 12.3. The summed E-state index contributed by atoms with van der Waals surface area (Å²) >= 11 is 0. The van der Waals surface area contributed by atoms with Crippen LogP contribution in [0.3, 0.4) is 0 Å². The molecule has 1 fully saturated rings. The third kappa shape index (κ3) is 2.51. The van der Waals surface area contributed by atoms with Crippen LogP contribution in [-0.4, -0.2) is 30.8 Å². The van der Waals surface area contributed by atoms with Gasteiger partial charge < -0.3 is 19.8 Å². The van der Waals surface area contributed by atoms with Crippen molar-refractivity contribution in [3.8, 4) is 0 Å². The molecule has 2 aromatic rings. The molecule has 5 nitrogen and oxygen atoms in total. The van der Waals surface area contributed by atoms with Crippen LogP contribution < -0.4 is 10.6 Å². The maximum absolute atomic E-state index is 5.79. The standard InChI is InChI=1S/C14H19N3O2/c1-2-18-11-4-3-7-17(9-11)14-16-12-6-5-10(15)8-13(12)19-14/h5-6,8,11H,2-4,7,9,15H2,1H3. The van der Waals surface area contributed by atoms with Crippen molar-refractivity contribution >= 4 is 22.8 Å². The lowest BCUT2D eigenvalue weighted by Gasteiger charge is -2.31. The summed E-state index contributed by atoms with van der Waals surface area (Å²) in [4.78, 5) is 6.67. The minimum atomic E-state index is 0.277. The molecule has 1 saturated heterocycles. The second kappa shape index (κ2) is 5.09. The zero-order valence-electron chi connectivity index (χ0n) is 11.1. The van der Waals surface area contributed by atoms with Crippen molar-refractivity contribution in [2.45, 2.75) is 25.9 Å². The van der Waals surface area contributed by atoms with Crippen molar-refractivity contribution in [2.24, 2.45) is 0 Å². The fourth-order valence-electron chi connectivity index (χ4n) is 2.55. The number of fused-ring (bicyclic) bond motifs is 1. The van der Waals surface area contributed by atoms with E-state index in [1.807, 2.05) is 25.1 Å². The van der Waals surface area contributed by atoms with Gasteiger partial charge in [0.25, 0.3) is 6.01 Å². The number of aromatic nitrogens is 1. The molecule has 3 rings (SSSR count). The van der Waals surface area contributed by atoms with Gasteiger partial charge in [-0.15, -0.1) is 0 Å². The molecule has 1 unspecified atom stereocenters. The maximum atomic E-state index is 5.79. The Morgan fingerprint density at radius 3 is 3.26 bits per heavy atom. The fraction of sp³-hybridized carbons (Fsp3) is 0.500. The van der Waals surface area contributed by atoms with Gasteiger partial charge >= 0.3 is 0 Å². The predicted molar refractivity (Wildman–Crippen MR) is 75.3 cm³/mol. The first-order valence-corrected chi connectivity index (χ1v) is 6.79. The van der Waals surface area contributed by atoms with Gasteiger partial charge in [-0.1, -0.05) is 0 Å². The van der Waals surface area contributed by atoms with Crippen LogP contribution >= 0.6 is 0 Å². The van der Waals surface area contributed by atoms with Gasteiger partial charge in [0.1, 0.15) is 5.52 Å². The number of nitrogen functional groups attached to an aromatic ring is 1. The highest BCUT2D eigenvalue weighted by Gasteiger charge is 2.23. The smallest absolute Gasteiger partial charge is 0.298 e. The Morgan fingerprint density at radius 1 is 1.53 bits per heavy atom. The minimum Gasteiger partial charge on any atom is -0.423 e. The van der Waals surface area contributed by atoms with Gasteiger partial charge in [-0.05, 0) is 31.9 Å². The van der Waals surface area contributed by atoms with Crippen molar-refractivity contribution in [3.05, 3.63) is 18.2 Å². The number of hydrogen-bond acceptors (Lipinski definition) is 5. The van der Waals surface area contributed by atoms with Crippen LogP contribution in [0.4, 0.5) is 11.7 Å². The molecule has 1 atom stereocenters. The summed E-state index contributed by atoms with van der Waals surface area (Å²) in [6.07, 6.45) is 2.49. The molecule has 2 N–H and O–H groups in total. The molecule has 1 aliphatic rings. The fourth-order valence-corrected chi connectivity index (χ4v) is 2.55. The minimum absolute atomic E-state index is 0.277. The van der Waals surface area contributed by atoms with E-state index in [4.69, 9.17) is 14.9 Å². The van der Waals surface area contributed by atoms with Crippen molar-refractivity contribution < 1.29 is 9.15 Å². The zero-order chi connectivity index (χ0) is 13.2. The number of anilines is 2. The second-order valence-electron chi connectivity index (χ2n) is 4.89. The monoisotopic (exact) mass is 261 g/mol. The molecule has 0 spiro atoms. The van der Waals surface area contributed by atoms with Crippen molar-refractivity contribution in [1.29, 1.82) is 0 Å². The molecular weight excluding hydrogens is 242 g/mol. The lowest BCUT2D eigenvalue weighted by molar-refractivity contribution is 0.0517. The van der Waals surface area contributed by atoms with E-state index in [2.05, 4.69) is 9.88 Å². The van der Waals surface area contributed by atoms with Crippen LogP contribution in [0.25, 0.3) is 11.1 Å². The number of oxazole rings is 1. The summed E-state index contributed by atoms with van der Waals surface area (Å²) in [5, 5.41) is 0. The molecule has 0 saturated carbocycles. The normalized spacial score (nSPS) is 20.1. The summed E-state index contributed by atoms with van der Waals surface area (Å²) < 4.78 is 11.5. The summed E-state index contributed by atoms with van der Waals surface area (Å²) in [6.45, 7) is 4.59. The molecule has 5 heteroatoms. The van der Waals surface area contributed by atoms with Gasteiger partial charge in [-0.25, -0.2) is 0 Å². The van der Waals surface area contributed by atoms with Crippen LogP contribution in [0.15, 0.2) is 22.6 Å². The van der Waals surface area contributed by atoms with Gasteiger partial charge in [0.15, 0.2) is 5.58 Å². The molecule has 0 aliphatic carbocycles. The van der Waals surface area contributed by atoms with Gasteiger partial charge in [0.05, 0.1) is 6.10 Å². The summed E-state index contributed by atoms with van der Waals surface area (Å²) in [7, 11) is 0. The highest BCUT2D eigenvalue weighted by atomic mass is 16.5. The van der Waals surface area contributed by atoms with Gasteiger partial charge in [0, 0.05) is 31.5 Å². The lowest BCUT2D eigenvalue weighted by Crippen LogP contribution is -2.39. The summed E-state index contributed by atoms with van der Waals surface area (Å²) in [5.41, 5.74) is 8.04. The Hall–Kier alpha value is -1.75. The van der Waals surface area contributed by atoms with E-state index >= 15 is 0 Å². The van der Waals surface area contributed by atoms with E-state index in [9.17, 15) is 0 Å². The van der Waals surface area contributed by atoms with Gasteiger partial charge in [-0.2, -0.15) is 4.98 Å². The maximum Gasteiger partial charge on any atom is 0.298 e. The SMILES string of the molecule is CCOC1CCCN(c2nc3ccc(N)cc3o2)C1. The Morgan fingerprint density at radius 2 is 2.42 bits per heavy atom.